The number of hydrogen-bond donors (Lipinski definition) is 0. The molecule has 0 bridgehead atoms. The van der Waals surface area contributed by atoms with Crippen LogP contribution in [0.15, 0.2) is 18.2 Å². The van der Waals surface area contributed by atoms with E-state index < -0.39 is 6.61 Å². The maximum Gasteiger partial charge on any atom is 0.389 e. The molecule has 2 aromatic rings. The van der Waals surface area contributed by atoms with Gasteiger partial charge in [-0.3, -0.25) is 0 Å². The van der Waals surface area contributed by atoms with Crippen LogP contribution in [0.4, 0.5) is 8.78 Å². The van der Waals surface area contributed by atoms with Gasteiger partial charge < -0.3 is 9.47 Å². The molecule has 0 aliphatic rings. The summed E-state index contributed by atoms with van der Waals surface area (Å²) in [5.74, 6) is 0.606. The molecule has 0 atom stereocenters. The predicted molar refractivity (Wildman–Crippen MR) is 52.8 cm³/mol. The van der Waals surface area contributed by atoms with Crippen LogP contribution in [-0.2, 0) is 0 Å². The summed E-state index contributed by atoms with van der Waals surface area (Å²) in [6, 6.07) is 5.20. The first-order valence-electron chi connectivity index (χ1n) is 4.09. The molecule has 0 unspecified atom stereocenters. The van der Waals surface area contributed by atoms with Gasteiger partial charge in [-0.05, 0) is 12.1 Å². The number of hydrogen-bond acceptors (Lipinski definition) is 4. The zero-order valence-electron chi connectivity index (χ0n) is 7.74. The van der Waals surface area contributed by atoms with Gasteiger partial charge in [-0.25, -0.2) is 4.98 Å². The van der Waals surface area contributed by atoms with E-state index in [0.717, 1.165) is 11.3 Å². The Balaban J connectivity index is 2.45. The van der Waals surface area contributed by atoms with Crippen molar-refractivity contribution < 1.29 is 18.3 Å². The first-order chi connectivity index (χ1) is 7.20. The third-order valence-electron chi connectivity index (χ3n) is 1.77. The number of ether oxygens (including phenoxy) is 2. The molecule has 0 amide bonds. The molecule has 1 heterocycles. The lowest BCUT2D eigenvalue weighted by molar-refractivity contribution is -0.0497. The molecule has 0 aliphatic carbocycles. The number of benzene rings is 1. The fourth-order valence-corrected chi connectivity index (χ4v) is 2.10. The second-order valence-electron chi connectivity index (χ2n) is 2.67. The van der Waals surface area contributed by atoms with Gasteiger partial charge in [0.15, 0.2) is 0 Å². The van der Waals surface area contributed by atoms with Crippen LogP contribution in [0.2, 0.25) is 0 Å². The lowest BCUT2D eigenvalue weighted by Gasteiger charge is -1.98. The van der Waals surface area contributed by atoms with E-state index in [0.29, 0.717) is 16.0 Å². The monoisotopic (exact) mass is 231 g/mol. The second kappa shape index (κ2) is 3.98. The van der Waals surface area contributed by atoms with Crippen LogP contribution < -0.4 is 9.47 Å². The van der Waals surface area contributed by atoms with Gasteiger partial charge in [0.05, 0.1) is 12.6 Å². The summed E-state index contributed by atoms with van der Waals surface area (Å²) in [5.41, 5.74) is 0.593. The third-order valence-corrected chi connectivity index (χ3v) is 2.75. The van der Waals surface area contributed by atoms with Crippen LogP contribution in [0.25, 0.3) is 10.2 Å². The van der Waals surface area contributed by atoms with Gasteiger partial charge in [-0.15, -0.1) is 0 Å². The number of methoxy groups -OCH3 is 1. The van der Waals surface area contributed by atoms with Crippen LogP contribution in [0.5, 0.6) is 10.9 Å². The fourth-order valence-electron chi connectivity index (χ4n) is 1.19. The highest BCUT2D eigenvalue weighted by Gasteiger charge is 2.12. The number of aromatic nitrogens is 1. The molecule has 15 heavy (non-hydrogen) atoms. The summed E-state index contributed by atoms with van der Waals surface area (Å²) >= 11 is 1.04. The molecule has 0 radical (unpaired) electrons. The third kappa shape index (κ3) is 1.99. The molecule has 0 N–H and O–H groups in total. The van der Waals surface area contributed by atoms with E-state index in [4.69, 9.17) is 4.74 Å². The van der Waals surface area contributed by atoms with Crippen molar-refractivity contribution in [2.45, 2.75) is 6.61 Å². The normalized spacial score (nSPS) is 10.9. The van der Waals surface area contributed by atoms with Crippen molar-refractivity contribution in [2.24, 2.45) is 0 Å². The molecular weight excluding hydrogens is 224 g/mol. The van der Waals surface area contributed by atoms with E-state index >= 15 is 0 Å². The van der Waals surface area contributed by atoms with E-state index in [1.165, 1.54) is 7.11 Å². The molecular formula is C9H7F2NO2S. The Morgan fingerprint density at radius 3 is 2.87 bits per heavy atom. The minimum Gasteiger partial charge on any atom is -0.495 e. The van der Waals surface area contributed by atoms with Crippen molar-refractivity contribution in [3.63, 3.8) is 0 Å². The maximum absolute atomic E-state index is 11.9. The average Bonchev–Trinajstić information content (AvgIpc) is 2.58. The van der Waals surface area contributed by atoms with E-state index in [-0.39, 0.29) is 5.19 Å². The molecule has 1 aromatic carbocycles. The number of fused-ring (bicyclic) bond motifs is 1. The number of halogens is 2. The summed E-state index contributed by atoms with van der Waals surface area (Å²) in [6.07, 6.45) is 0. The fraction of sp³-hybridized carbons (Fsp3) is 0.222. The molecule has 0 saturated carbocycles. The van der Waals surface area contributed by atoms with Crippen LogP contribution in [0, 0.1) is 0 Å². The van der Waals surface area contributed by atoms with Crippen molar-refractivity contribution >= 4 is 21.6 Å². The first-order valence-corrected chi connectivity index (χ1v) is 4.90. The van der Waals surface area contributed by atoms with E-state index in [1.807, 2.05) is 0 Å². The van der Waals surface area contributed by atoms with Crippen LogP contribution >= 0.6 is 11.3 Å². The molecule has 0 saturated heterocycles. The van der Waals surface area contributed by atoms with E-state index in [9.17, 15) is 8.78 Å². The van der Waals surface area contributed by atoms with Crippen molar-refractivity contribution in [3.8, 4) is 10.9 Å². The second-order valence-corrected chi connectivity index (χ2v) is 3.63. The van der Waals surface area contributed by atoms with Gasteiger partial charge in [-0.1, -0.05) is 17.4 Å². The average molecular weight is 231 g/mol. The summed E-state index contributed by atoms with van der Waals surface area (Å²) in [6.45, 7) is -2.85. The molecule has 0 spiro atoms. The topological polar surface area (TPSA) is 31.4 Å². The highest BCUT2D eigenvalue weighted by molar-refractivity contribution is 7.20. The summed E-state index contributed by atoms with van der Waals surface area (Å²) in [7, 11) is 1.52. The van der Waals surface area contributed by atoms with E-state index in [2.05, 4.69) is 9.72 Å². The van der Waals surface area contributed by atoms with Crippen molar-refractivity contribution in [3.05, 3.63) is 18.2 Å². The zero-order chi connectivity index (χ0) is 10.8. The van der Waals surface area contributed by atoms with Crippen LogP contribution in [0.3, 0.4) is 0 Å². The van der Waals surface area contributed by atoms with Crippen molar-refractivity contribution in [1.82, 2.24) is 4.98 Å². The molecule has 3 nitrogen and oxygen atoms in total. The Morgan fingerprint density at radius 1 is 1.40 bits per heavy atom. The van der Waals surface area contributed by atoms with Crippen molar-refractivity contribution in [2.75, 3.05) is 7.11 Å². The Kier molecular flexibility index (Phi) is 2.68. The Bertz CT molecular complexity index is 472. The maximum atomic E-state index is 11.9. The summed E-state index contributed by atoms with van der Waals surface area (Å²) in [4.78, 5) is 3.90. The van der Waals surface area contributed by atoms with Gasteiger partial charge in [0.1, 0.15) is 10.4 Å². The van der Waals surface area contributed by atoms with Gasteiger partial charge in [0, 0.05) is 0 Å². The number of thiazole rings is 1. The van der Waals surface area contributed by atoms with Gasteiger partial charge >= 0.3 is 6.61 Å². The van der Waals surface area contributed by atoms with E-state index in [1.54, 1.807) is 18.2 Å². The highest BCUT2D eigenvalue weighted by Crippen LogP contribution is 2.35. The Hall–Kier alpha value is -1.43. The molecule has 2 rings (SSSR count). The van der Waals surface area contributed by atoms with Gasteiger partial charge in [-0.2, -0.15) is 8.78 Å². The predicted octanol–water partition coefficient (Wildman–Crippen LogP) is 2.91. The minimum atomic E-state index is -2.85. The molecule has 80 valence electrons. The Labute approximate surface area is 88.3 Å². The molecule has 0 fully saturated rings. The minimum absolute atomic E-state index is 0.0514. The quantitative estimate of drug-likeness (QED) is 0.813. The van der Waals surface area contributed by atoms with Crippen LogP contribution in [0.1, 0.15) is 0 Å². The number of nitrogens with zero attached hydrogens (tertiary/aromatic N) is 1. The Morgan fingerprint density at radius 2 is 2.20 bits per heavy atom. The SMILES string of the molecule is COc1cccc2nc(OC(F)F)sc12. The summed E-state index contributed by atoms with van der Waals surface area (Å²) in [5, 5.41) is -0.0514. The lowest BCUT2D eigenvalue weighted by Crippen LogP contribution is -2.00. The van der Waals surface area contributed by atoms with Crippen molar-refractivity contribution in [1.29, 1.82) is 0 Å². The smallest absolute Gasteiger partial charge is 0.389 e. The standard InChI is InChI=1S/C9H7F2NO2S/c1-13-6-4-2-3-5-7(6)15-9(12-5)14-8(10)11/h2-4,8H,1H3. The molecule has 1 aromatic heterocycles. The first kappa shape index (κ1) is 10.1. The zero-order valence-corrected chi connectivity index (χ0v) is 8.55. The summed E-state index contributed by atoms with van der Waals surface area (Å²) < 4.78 is 33.9. The number of rotatable bonds is 3. The highest BCUT2D eigenvalue weighted by atomic mass is 32.1. The molecule has 0 aliphatic heterocycles. The van der Waals surface area contributed by atoms with Gasteiger partial charge in [0.25, 0.3) is 5.19 Å². The largest absolute Gasteiger partial charge is 0.495 e. The lowest BCUT2D eigenvalue weighted by atomic mass is 10.3. The van der Waals surface area contributed by atoms with Crippen LogP contribution in [-0.4, -0.2) is 18.7 Å². The number of alkyl halides is 2. The van der Waals surface area contributed by atoms with Gasteiger partial charge in [0.2, 0.25) is 0 Å². The molecule has 6 heteroatoms.